The molecule has 1 aromatic heterocycles. The highest BCUT2D eigenvalue weighted by Crippen LogP contribution is 2.25. The number of aromatic nitrogens is 1. The van der Waals surface area contributed by atoms with E-state index in [0.717, 1.165) is 31.8 Å². The van der Waals surface area contributed by atoms with E-state index in [1.807, 2.05) is 4.90 Å². The third-order valence-electron chi connectivity index (χ3n) is 3.99. The van der Waals surface area contributed by atoms with E-state index in [1.165, 1.54) is 6.42 Å². The number of hydrogen-bond donors (Lipinski definition) is 0. The molecule has 0 N–H and O–H groups in total. The summed E-state index contributed by atoms with van der Waals surface area (Å²) in [7, 11) is 0. The molecule has 0 radical (unpaired) electrons. The van der Waals surface area contributed by atoms with Crippen molar-refractivity contribution in [3.63, 3.8) is 0 Å². The number of nitrogens with zero attached hydrogens (tertiary/aromatic N) is 2. The van der Waals surface area contributed by atoms with Crippen LogP contribution in [0.1, 0.15) is 43.5 Å². The lowest BCUT2D eigenvalue weighted by molar-refractivity contribution is 0.0758. The topological polar surface area (TPSA) is 33.2 Å². The van der Waals surface area contributed by atoms with Gasteiger partial charge in [-0.2, -0.15) is 0 Å². The molecular formula is C15H21ClN2O. The Morgan fingerprint density at radius 1 is 1.42 bits per heavy atom. The van der Waals surface area contributed by atoms with Crippen LogP contribution in [0.4, 0.5) is 0 Å². The molecule has 1 aromatic rings. The Morgan fingerprint density at radius 3 is 2.89 bits per heavy atom. The van der Waals surface area contributed by atoms with Crippen molar-refractivity contribution in [2.75, 3.05) is 13.1 Å². The van der Waals surface area contributed by atoms with Crippen molar-refractivity contribution in [3.05, 3.63) is 29.0 Å². The van der Waals surface area contributed by atoms with Crippen LogP contribution in [0.5, 0.6) is 0 Å². The number of halogens is 1. The molecule has 3 nitrogen and oxygen atoms in total. The van der Waals surface area contributed by atoms with Gasteiger partial charge in [0.15, 0.2) is 0 Å². The fraction of sp³-hybridized carbons (Fsp3) is 0.600. The van der Waals surface area contributed by atoms with E-state index in [1.54, 1.807) is 18.3 Å². The lowest BCUT2D eigenvalue weighted by Gasteiger charge is -2.21. The largest absolute Gasteiger partial charge is 0.339 e. The summed E-state index contributed by atoms with van der Waals surface area (Å²) < 4.78 is 0. The molecule has 1 aliphatic rings. The maximum atomic E-state index is 12.5. The first-order valence-electron chi connectivity index (χ1n) is 6.99. The fourth-order valence-electron chi connectivity index (χ4n) is 2.71. The van der Waals surface area contributed by atoms with Gasteiger partial charge in [-0.05, 0) is 43.2 Å². The second-order valence-electron chi connectivity index (χ2n) is 5.57. The highest BCUT2D eigenvalue weighted by molar-refractivity contribution is 6.32. The highest BCUT2D eigenvalue weighted by atomic mass is 35.5. The number of carbonyl (C=O) groups excluding carboxylic acids is 1. The Morgan fingerprint density at radius 2 is 2.21 bits per heavy atom. The number of likely N-dealkylation sites (tertiary alicyclic amines) is 1. The number of pyridine rings is 1. The number of hydrogen-bond acceptors (Lipinski definition) is 2. The number of rotatable bonds is 2. The monoisotopic (exact) mass is 280 g/mol. The molecule has 2 heterocycles. The van der Waals surface area contributed by atoms with Crippen molar-refractivity contribution in [1.82, 2.24) is 9.88 Å². The van der Waals surface area contributed by atoms with Gasteiger partial charge in [0.05, 0.1) is 5.56 Å². The summed E-state index contributed by atoms with van der Waals surface area (Å²) in [6.45, 7) is 6.18. The minimum absolute atomic E-state index is 0.0162. The SMILES string of the molecule is CC(C)C1CCCN(C(=O)c2cccnc2Cl)CC1. The van der Waals surface area contributed by atoms with Crippen LogP contribution in [0.25, 0.3) is 0 Å². The molecule has 1 amide bonds. The second-order valence-corrected chi connectivity index (χ2v) is 5.93. The first kappa shape index (κ1) is 14.3. The smallest absolute Gasteiger partial charge is 0.256 e. The van der Waals surface area contributed by atoms with E-state index >= 15 is 0 Å². The van der Waals surface area contributed by atoms with E-state index < -0.39 is 0 Å². The van der Waals surface area contributed by atoms with Crippen molar-refractivity contribution in [2.24, 2.45) is 11.8 Å². The summed E-state index contributed by atoms with van der Waals surface area (Å²) in [5.41, 5.74) is 0.521. The maximum Gasteiger partial charge on any atom is 0.256 e. The molecule has 0 spiro atoms. The molecule has 4 heteroatoms. The van der Waals surface area contributed by atoms with Gasteiger partial charge in [-0.3, -0.25) is 4.79 Å². The van der Waals surface area contributed by atoms with Crippen LogP contribution in [0, 0.1) is 11.8 Å². The second kappa shape index (κ2) is 6.38. The zero-order chi connectivity index (χ0) is 13.8. The Labute approximate surface area is 120 Å². The fourth-order valence-corrected chi connectivity index (χ4v) is 2.91. The first-order chi connectivity index (χ1) is 9.09. The third-order valence-corrected chi connectivity index (χ3v) is 4.29. The van der Waals surface area contributed by atoms with Crippen LogP contribution < -0.4 is 0 Å². The molecule has 0 saturated carbocycles. The van der Waals surface area contributed by atoms with E-state index in [0.29, 0.717) is 16.6 Å². The predicted molar refractivity (Wildman–Crippen MR) is 77.3 cm³/mol. The Kier molecular flexibility index (Phi) is 4.81. The Hall–Kier alpha value is -1.09. The van der Waals surface area contributed by atoms with Gasteiger partial charge in [0.2, 0.25) is 0 Å². The van der Waals surface area contributed by atoms with Crippen LogP contribution >= 0.6 is 11.6 Å². The third kappa shape index (κ3) is 3.47. The normalized spacial score (nSPS) is 20.4. The molecular weight excluding hydrogens is 260 g/mol. The van der Waals surface area contributed by atoms with Gasteiger partial charge >= 0.3 is 0 Å². The zero-order valence-electron chi connectivity index (χ0n) is 11.6. The molecule has 2 rings (SSSR count). The predicted octanol–water partition coefficient (Wildman–Crippen LogP) is 3.63. The van der Waals surface area contributed by atoms with Gasteiger partial charge in [0.1, 0.15) is 5.15 Å². The zero-order valence-corrected chi connectivity index (χ0v) is 12.4. The van der Waals surface area contributed by atoms with Crippen LogP contribution in [0.3, 0.4) is 0 Å². The Balaban J connectivity index is 2.06. The maximum absolute atomic E-state index is 12.5. The van der Waals surface area contributed by atoms with E-state index in [9.17, 15) is 4.79 Å². The highest BCUT2D eigenvalue weighted by Gasteiger charge is 2.24. The van der Waals surface area contributed by atoms with Gasteiger partial charge in [-0.25, -0.2) is 4.98 Å². The van der Waals surface area contributed by atoms with E-state index in [-0.39, 0.29) is 5.91 Å². The van der Waals surface area contributed by atoms with Gasteiger partial charge in [-0.15, -0.1) is 0 Å². The van der Waals surface area contributed by atoms with Gasteiger partial charge in [0.25, 0.3) is 5.91 Å². The van der Waals surface area contributed by atoms with Gasteiger partial charge in [0, 0.05) is 19.3 Å². The Bertz CT molecular complexity index is 448. The minimum Gasteiger partial charge on any atom is -0.339 e. The molecule has 1 aliphatic heterocycles. The van der Waals surface area contributed by atoms with E-state index in [4.69, 9.17) is 11.6 Å². The molecule has 0 bridgehead atoms. The van der Waals surface area contributed by atoms with Gasteiger partial charge in [-0.1, -0.05) is 25.4 Å². The lowest BCUT2D eigenvalue weighted by atomic mass is 9.89. The van der Waals surface area contributed by atoms with E-state index in [2.05, 4.69) is 18.8 Å². The summed E-state index contributed by atoms with van der Waals surface area (Å²) >= 11 is 6.00. The molecule has 1 unspecified atom stereocenters. The van der Waals surface area contributed by atoms with Gasteiger partial charge < -0.3 is 4.90 Å². The molecule has 104 valence electrons. The number of carbonyl (C=O) groups is 1. The van der Waals surface area contributed by atoms with Crippen LogP contribution in [0.2, 0.25) is 5.15 Å². The molecule has 19 heavy (non-hydrogen) atoms. The van der Waals surface area contributed by atoms with Crippen LogP contribution in [-0.4, -0.2) is 28.9 Å². The van der Waals surface area contributed by atoms with Crippen molar-refractivity contribution in [3.8, 4) is 0 Å². The summed E-state index contributed by atoms with van der Waals surface area (Å²) in [6, 6.07) is 3.51. The van der Waals surface area contributed by atoms with Crippen LogP contribution in [0.15, 0.2) is 18.3 Å². The summed E-state index contributed by atoms with van der Waals surface area (Å²) in [6.07, 6.45) is 4.98. The summed E-state index contributed by atoms with van der Waals surface area (Å²) in [5, 5.41) is 0.303. The average molecular weight is 281 g/mol. The molecule has 1 saturated heterocycles. The molecule has 1 atom stereocenters. The quantitative estimate of drug-likeness (QED) is 0.775. The van der Waals surface area contributed by atoms with Crippen molar-refractivity contribution >= 4 is 17.5 Å². The van der Waals surface area contributed by atoms with Crippen LogP contribution in [-0.2, 0) is 0 Å². The summed E-state index contributed by atoms with van der Waals surface area (Å²) in [5.74, 6) is 1.43. The number of amides is 1. The average Bonchev–Trinajstić information content (AvgIpc) is 2.64. The molecule has 0 aliphatic carbocycles. The summed E-state index contributed by atoms with van der Waals surface area (Å²) in [4.78, 5) is 18.4. The standard InChI is InChI=1S/C15H21ClN2O/c1-11(2)12-5-4-9-18(10-7-12)15(19)13-6-3-8-17-14(13)16/h3,6,8,11-12H,4-5,7,9-10H2,1-2H3. The van der Waals surface area contributed by atoms with Crippen molar-refractivity contribution in [2.45, 2.75) is 33.1 Å². The molecule has 1 fully saturated rings. The minimum atomic E-state index is 0.0162. The lowest BCUT2D eigenvalue weighted by Crippen LogP contribution is -2.32. The van der Waals surface area contributed by atoms with Crippen molar-refractivity contribution < 1.29 is 4.79 Å². The first-order valence-corrected chi connectivity index (χ1v) is 7.37. The molecule has 0 aromatic carbocycles. The van der Waals surface area contributed by atoms with Crippen molar-refractivity contribution in [1.29, 1.82) is 0 Å².